The van der Waals surface area contributed by atoms with Crippen LogP contribution in [0.4, 0.5) is 19.3 Å². The van der Waals surface area contributed by atoms with E-state index < -0.39 is 17.7 Å². The summed E-state index contributed by atoms with van der Waals surface area (Å²) >= 11 is 0. The maximum Gasteiger partial charge on any atom is 0.319 e. The molecule has 0 atom stereocenters. The van der Waals surface area contributed by atoms with Crippen LogP contribution in [0.1, 0.15) is 0 Å². The number of urea groups is 1. The van der Waals surface area contributed by atoms with Crippen LogP contribution in [-0.2, 0) is 0 Å². The summed E-state index contributed by atoms with van der Waals surface area (Å²) in [4.78, 5) is 11.2. The molecule has 6 heteroatoms. The summed E-state index contributed by atoms with van der Waals surface area (Å²) in [7, 11) is 1.75. The Hall–Kier alpha value is -1.69. The van der Waals surface area contributed by atoms with Crippen molar-refractivity contribution in [3.8, 4) is 0 Å². The minimum absolute atomic E-state index is 0.0524. The van der Waals surface area contributed by atoms with Gasteiger partial charge in [-0.1, -0.05) is 0 Å². The van der Waals surface area contributed by atoms with E-state index in [0.29, 0.717) is 19.2 Å². The highest BCUT2D eigenvalue weighted by molar-refractivity contribution is 5.89. The van der Waals surface area contributed by atoms with Gasteiger partial charge >= 0.3 is 6.03 Å². The molecule has 1 aromatic carbocycles. The van der Waals surface area contributed by atoms with E-state index in [-0.39, 0.29) is 5.69 Å². The highest BCUT2D eigenvalue weighted by atomic mass is 19.1. The molecule has 0 saturated heterocycles. The van der Waals surface area contributed by atoms with Gasteiger partial charge in [0, 0.05) is 19.2 Å². The van der Waals surface area contributed by atoms with Gasteiger partial charge in [0.25, 0.3) is 0 Å². The highest BCUT2D eigenvalue weighted by Gasteiger charge is 2.06. The maximum atomic E-state index is 13.1. The Morgan fingerprint density at radius 3 is 2.69 bits per heavy atom. The first kappa shape index (κ1) is 12.4. The van der Waals surface area contributed by atoms with Crippen LogP contribution in [0.15, 0.2) is 18.2 Å². The fourth-order valence-electron chi connectivity index (χ4n) is 1.06. The lowest BCUT2D eigenvalue weighted by Crippen LogP contribution is -2.34. The molecule has 1 rings (SSSR count). The van der Waals surface area contributed by atoms with Crippen molar-refractivity contribution in [1.29, 1.82) is 0 Å². The molecule has 1 aromatic rings. The predicted molar refractivity (Wildman–Crippen MR) is 57.3 cm³/mol. The van der Waals surface area contributed by atoms with Crippen LogP contribution in [0.25, 0.3) is 0 Å². The number of carbonyl (C=O) groups is 1. The van der Waals surface area contributed by atoms with Crippen molar-refractivity contribution in [3.05, 3.63) is 29.8 Å². The third-order valence-electron chi connectivity index (χ3n) is 1.84. The Kier molecular flexibility index (Phi) is 4.65. The Morgan fingerprint density at radius 2 is 2.06 bits per heavy atom. The van der Waals surface area contributed by atoms with Crippen molar-refractivity contribution >= 4 is 11.7 Å². The molecule has 0 unspecified atom stereocenters. The van der Waals surface area contributed by atoms with Gasteiger partial charge in [0.2, 0.25) is 0 Å². The SMILES string of the molecule is CNCCNC(=O)Nc1ccc(F)cc1F. The minimum Gasteiger partial charge on any atom is -0.337 e. The maximum absolute atomic E-state index is 13.1. The number of halogens is 2. The zero-order valence-corrected chi connectivity index (χ0v) is 8.81. The minimum atomic E-state index is -0.802. The largest absolute Gasteiger partial charge is 0.337 e. The van der Waals surface area contributed by atoms with Crippen LogP contribution in [0, 0.1) is 11.6 Å². The summed E-state index contributed by atoms with van der Waals surface area (Å²) in [6.07, 6.45) is 0. The van der Waals surface area contributed by atoms with E-state index in [9.17, 15) is 13.6 Å². The predicted octanol–water partition coefficient (Wildman–Crippen LogP) is 1.31. The fraction of sp³-hybridized carbons (Fsp3) is 0.300. The van der Waals surface area contributed by atoms with Gasteiger partial charge < -0.3 is 16.0 Å². The Balaban J connectivity index is 2.49. The number of anilines is 1. The molecule has 88 valence electrons. The molecular weight excluding hydrogens is 216 g/mol. The first-order valence-electron chi connectivity index (χ1n) is 4.78. The number of carbonyl (C=O) groups excluding carboxylic acids is 1. The van der Waals surface area contributed by atoms with Crippen molar-refractivity contribution in [2.45, 2.75) is 0 Å². The van der Waals surface area contributed by atoms with E-state index >= 15 is 0 Å². The van der Waals surface area contributed by atoms with Crippen molar-refractivity contribution in [1.82, 2.24) is 10.6 Å². The van der Waals surface area contributed by atoms with E-state index in [1.54, 1.807) is 7.05 Å². The molecule has 16 heavy (non-hydrogen) atoms. The Morgan fingerprint density at radius 1 is 1.31 bits per heavy atom. The average molecular weight is 229 g/mol. The summed E-state index contributed by atoms with van der Waals surface area (Å²) < 4.78 is 25.7. The van der Waals surface area contributed by atoms with Crippen molar-refractivity contribution in [2.75, 3.05) is 25.5 Å². The summed E-state index contributed by atoms with van der Waals surface area (Å²) in [6.45, 7) is 1.03. The second kappa shape index (κ2) is 6.02. The molecule has 2 amide bonds. The number of hydrogen-bond acceptors (Lipinski definition) is 2. The van der Waals surface area contributed by atoms with E-state index in [2.05, 4.69) is 16.0 Å². The Bertz CT molecular complexity index is 371. The molecule has 0 radical (unpaired) electrons. The van der Waals surface area contributed by atoms with Crippen LogP contribution in [0.3, 0.4) is 0 Å². The van der Waals surface area contributed by atoms with Gasteiger partial charge in [-0.15, -0.1) is 0 Å². The van der Waals surface area contributed by atoms with Crippen LogP contribution >= 0.6 is 0 Å². The van der Waals surface area contributed by atoms with Crippen LogP contribution in [0.5, 0.6) is 0 Å². The van der Waals surface area contributed by atoms with E-state index in [4.69, 9.17) is 0 Å². The third kappa shape index (κ3) is 3.82. The number of benzene rings is 1. The van der Waals surface area contributed by atoms with Gasteiger partial charge in [-0.05, 0) is 19.2 Å². The number of likely N-dealkylation sites (N-methyl/N-ethyl adjacent to an activating group) is 1. The summed E-state index contributed by atoms with van der Waals surface area (Å²) in [5, 5.41) is 7.62. The van der Waals surface area contributed by atoms with Gasteiger partial charge in [0.15, 0.2) is 0 Å². The molecule has 0 spiro atoms. The van der Waals surface area contributed by atoms with Crippen LogP contribution in [0.2, 0.25) is 0 Å². The van der Waals surface area contributed by atoms with Gasteiger partial charge in [-0.2, -0.15) is 0 Å². The van der Waals surface area contributed by atoms with E-state index in [1.165, 1.54) is 6.07 Å². The first-order valence-corrected chi connectivity index (χ1v) is 4.78. The van der Waals surface area contributed by atoms with Crippen LogP contribution < -0.4 is 16.0 Å². The average Bonchev–Trinajstić information content (AvgIpc) is 2.23. The molecule has 0 aliphatic rings. The quantitative estimate of drug-likeness (QED) is 0.682. The molecule has 0 saturated carbocycles. The number of hydrogen-bond donors (Lipinski definition) is 3. The van der Waals surface area contributed by atoms with Crippen molar-refractivity contribution < 1.29 is 13.6 Å². The summed E-state index contributed by atoms with van der Waals surface area (Å²) in [6, 6.07) is 2.43. The van der Waals surface area contributed by atoms with Gasteiger partial charge in [-0.3, -0.25) is 0 Å². The lowest BCUT2D eigenvalue weighted by atomic mass is 10.3. The first-order chi connectivity index (χ1) is 7.63. The van der Waals surface area contributed by atoms with Gasteiger partial charge in [0.1, 0.15) is 11.6 Å². The highest BCUT2D eigenvalue weighted by Crippen LogP contribution is 2.14. The van der Waals surface area contributed by atoms with Crippen molar-refractivity contribution in [2.24, 2.45) is 0 Å². The fourth-order valence-corrected chi connectivity index (χ4v) is 1.06. The second-order valence-electron chi connectivity index (χ2n) is 3.11. The summed E-state index contributed by atoms with van der Waals surface area (Å²) in [5.41, 5.74) is -0.0524. The molecule has 0 aliphatic heterocycles. The number of rotatable bonds is 4. The van der Waals surface area contributed by atoms with E-state index in [0.717, 1.165) is 6.07 Å². The number of amides is 2. The molecule has 0 aliphatic carbocycles. The topological polar surface area (TPSA) is 53.2 Å². The molecule has 0 heterocycles. The lowest BCUT2D eigenvalue weighted by molar-refractivity contribution is 0.252. The van der Waals surface area contributed by atoms with E-state index in [1.807, 2.05) is 0 Å². The smallest absolute Gasteiger partial charge is 0.319 e. The third-order valence-corrected chi connectivity index (χ3v) is 1.84. The zero-order chi connectivity index (χ0) is 12.0. The molecule has 0 aromatic heterocycles. The molecular formula is C10H13F2N3O. The monoisotopic (exact) mass is 229 g/mol. The van der Waals surface area contributed by atoms with Crippen molar-refractivity contribution in [3.63, 3.8) is 0 Å². The standard InChI is InChI=1S/C10H13F2N3O/c1-13-4-5-14-10(16)15-9-3-2-7(11)6-8(9)12/h2-3,6,13H,4-5H2,1H3,(H2,14,15,16). The lowest BCUT2D eigenvalue weighted by Gasteiger charge is -2.07. The molecule has 4 nitrogen and oxygen atoms in total. The van der Waals surface area contributed by atoms with Gasteiger partial charge in [0.05, 0.1) is 5.69 Å². The normalized spacial score (nSPS) is 9.94. The number of nitrogens with one attached hydrogen (secondary N) is 3. The molecule has 3 N–H and O–H groups in total. The molecule has 0 fully saturated rings. The zero-order valence-electron chi connectivity index (χ0n) is 8.81. The van der Waals surface area contributed by atoms with Gasteiger partial charge in [-0.25, -0.2) is 13.6 Å². The Labute approximate surface area is 92.0 Å². The van der Waals surface area contributed by atoms with Crippen LogP contribution in [-0.4, -0.2) is 26.2 Å². The second-order valence-corrected chi connectivity index (χ2v) is 3.11. The summed E-state index contributed by atoms with van der Waals surface area (Å²) in [5.74, 6) is -1.48. The molecule has 0 bridgehead atoms.